The van der Waals surface area contributed by atoms with Gasteiger partial charge in [-0.25, -0.2) is 5.48 Å². The molecule has 0 rings (SSSR count). The zero-order chi connectivity index (χ0) is 10.5. The van der Waals surface area contributed by atoms with Gasteiger partial charge < -0.3 is 10.8 Å². The van der Waals surface area contributed by atoms with Crippen molar-refractivity contribution in [2.75, 3.05) is 13.2 Å². The Labute approximate surface area is 76.0 Å². The Morgan fingerprint density at radius 1 is 1.54 bits per heavy atom. The highest BCUT2D eigenvalue weighted by atomic mass is 16.6. The number of nitrogens with two attached hydrogens (primary N) is 1. The molecule has 13 heavy (non-hydrogen) atoms. The number of aliphatic carboxylic acids is 1. The number of rotatable bonds is 6. The molecule has 6 nitrogen and oxygen atoms in total. The molecular formula is C7H14N2O4. The van der Waals surface area contributed by atoms with Crippen LogP contribution in [0.5, 0.6) is 0 Å². The lowest BCUT2D eigenvalue weighted by molar-refractivity contribution is -0.148. The Morgan fingerprint density at radius 2 is 2.08 bits per heavy atom. The third kappa shape index (κ3) is 5.15. The standard InChI is InChI=1S/C7H14N2O4/c1-7(2,6(11)12)4-9-13-3-5(8)10/h9H,3-4H2,1-2H3,(H2,8,10)(H,11,12). The van der Waals surface area contributed by atoms with Crippen LogP contribution in [0.1, 0.15) is 13.8 Å². The van der Waals surface area contributed by atoms with Gasteiger partial charge in [0.1, 0.15) is 6.61 Å². The lowest BCUT2D eigenvalue weighted by Crippen LogP contribution is -2.37. The minimum Gasteiger partial charge on any atom is -0.481 e. The molecule has 0 aromatic heterocycles. The number of carboxylic acid groups (broad SMARTS) is 1. The molecule has 0 aliphatic heterocycles. The molecule has 0 heterocycles. The fraction of sp³-hybridized carbons (Fsp3) is 0.714. The van der Waals surface area contributed by atoms with Crippen molar-refractivity contribution in [1.29, 1.82) is 0 Å². The highest BCUT2D eigenvalue weighted by molar-refractivity contribution is 5.75. The van der Waals surface area contributed by atoms with Gasteiger partial charge in [-0.3, -0.25) is 14.4 Å². The van der Waals surface area contributed by atoms with Gasteiger partial charge in [-0.05, 0) is 13.8 Å². The predicted octanol–water partition coefficient (Wildman–Crippen LogP) is -0.896. The number of primary amides is 1. The molecule has 0 spiro atoms. The lowest BCUT2D eigenvalue weighted by Gasteiger charge is -2.18. The van der Waals surface area contributed by atoms with Gasteiger partial charge >= 0.3 is 5.97 Å². The van der Waals surface area contributed by atoms with Crippen LogP contribution >= 0.6 is 0 Å². The van der Waals surface area contributed by atoms with Gasteiger partial charge in [-0.2, -0.15) is 0 Å². The van der Waals surface area contributed by atoms with Gasteiger partial charge in [0.05, 0.1) is 5.41 Å². The van der Waals surface area contributed by atoms with Gasteiger partial charge in [0, 0.05) is 6.54 Å². The predicted molar refractivity (Wildman–Crippen MR) is 44.6 cm³/mol. The molecule has 0 aromatic rings. The van der Waals surface area contributed by atoms with E-state index in [1.807, 2.05) is 0 Å². The Bertz CT molecular complexity index is 203. The summed E-state index contributed by atoms with van der Waals surface area (Å²) in [6.45, 7) is 2.91. The van der Waals surface area contributed by atoms with Crippen LogP contribution in [-0.2, 0) is 14.4 Å². The second kappa shape index (κ2) is 4.78. The summed E-state index contributed by atoms with van der Waals surface area (Å²) in [5.74, 6) is -1.55. The molecule has 0 radical (unpaired) electrons. The fourth-order valence-corrected chi connectivity index (χ4v) is 0.429. The van der Waals surface area contributed by atoms with Crippen LogP contribution in [0.15, 0.2) is 0 Å². The first-order valence-corrected chi connectivity index (χ1v) is 3.72. The molecule has 4 N–H and O–H groups in total. The zero-order valence-electron chi connectivity index (χ0n) is 7.66. The van der Waals surface area contributed by atoms with E-state index in [1.165, 1.54) is 13.8 Å². The maximum atomic E-state index is 10.6. The normalized spacial score (nSPS) is 11.2. The first-order valence-electron chi connectivity index (χ1n) is 3.72. The molecular weight excluding hydrogens is 176 g/mol. The molecule has 0 unspecified atom stereocenters. The summed E-state index contributed by atoms with van der Waals surface area (Å²) in [5.41, 5.74) is 6.21. The molecule has 0 aliphatic rings. The number of hydrogen-bond donors (Lipinski definition) is 3. The number of hydroxylamine groups is 1. The van der Waals surface area contributed by atoms with Crippen LogP contribution in [0.2, 0.25) is 0 Å². The number of carbonyl (C=O) groups excluding carboxylic acids is 1. The van der Waals surface area contributed by atoms with E-state index < -0.39 is 17.3 Å². The van der Waals surface area contributed by atoms with E-state index in [1.54, 1.807) is 0 Å². The summed E-state index contributed by atoms with van der Waals surface area (Å²) in [4.78, 5) is 25.4. The Balaban J connectivity index is 3.64. The van der Waals surface area contributed by atoms with E-state index in [4.69, 9.17) is 10.8 Å². The zero-order valence-corrected chi connectivity index (χ0v) is 7.66. The van der Waals surface area contributed by atoms with E-state index >= 15 is 0 Å². The summed E-state index contributed by atoms with van der Waals surface area (Å²) in [5, 5.41) is 8.66. The SMILES string of the molecule is CC(C)(CNOCC(N)=O)C(=O)O. The highest BCUT2D eigenvalue weighted by Gasteiger charge is 2.26. The molecule has 0 bridgehead atoms. The molecule has 0 atom stereocenters. The Morgan fingerprint density at radius 3 is 2.46 bits per heavy atom. The number of carbonyl (C=O) groups is 2. The highest BCUT2D eigenvalue weighted by Crippen LogP contribution is 2.12. The Hall–Kier alpha value is -1.14. The van der Waals surface area contributed by atoms with Crippen LogP contribution in [0.4, 0.5) is 0 Å². The summed E-state index contributed by atoms with van der Waals surface area (Å²) in [7, 11) is 0. The fourth-order valence-electron chi connectivity index (χ4n) is 0.429. The lowest BCUT2D eigenvalue weighted by atomic mass is 9.94. The van der Waals surface area contributed by atoms with E-state index in [9.17, 15) is 9.59 Å². The molecule has 0 saturated carbocycles. The average molecular weight is 190 g/mol. The van der Waals surface area contributed by atoms with Crippen LogP contribution < -0.4 is 11.2 Å². The first kappa shape index (κ1) is 11.9. The van der Waals surface area contributed by atoms with E-state index in [-0.39, 0.29) is 13.2 Å². The van der Waals surface area contributed by atoms with Gasteiger partial charge in [0.2, 0.25) is 5.91 Å². The molecule has 0 aromatic carbocycles. The average Bonchev–Trinajstić information content (AvgIpc) is 1.97. The van der Waals surface area contributed by atoms with Crippen molar-refractivity contribution in [3.63, 3.8) is 0 Å². The van der Waals surface area contributed by atoms with Gasteiger partial charge in [-0.15, -0.1) is 0 Å². The summed E-state index contributed by atoms with van der Waals surface area (Å²) in [6.07, 6.45) is 0. The number of carboxylic acids is 1. The third-order valence-corrected chi connectivity index (χ3v) is 1.41. The minimum atomic E-state index is -0.942. The van der Waals surface area contributed by atoms with Gasteiger partial charge in [0.15, 0.2) is 0 Å². The van der Waals surface area contributed by atoms with Crippen molar-refractivity contribution in [2.45, 2.75) is 13.8 Å². The molecule has 0 saturated heterocycles. The van der Waals surface area contributed by atoms with Crippen LogP contribution in [0, 0.1) is 5.41 Å². The van der Waals surface area contributed by atoms with Crippen molar-refractivity contribution in [3.8, 4) is 0 Å². The van der Waals surface area contributed by atoms with Crippen molar-refractivity contribution >= 4 is 11.9 Å². The monoisotopic (exact) mass is 190 g/mol. The number of amides is 1. The van der Waals surface area contributed by atoms with Crippen LogP contribution in [0.25, 0.3) is 0 Å². The molecule has 0 fully saturated rings. The van der Waals surface area contributed by atoms with Crippen molar-refractivity contribution < 1.29 is 19.5 Å². The largest absolute Gasteiger partial charge is 0.481 e. The number of hydrogen-bond acceptors (Lipinski definition) is 4. The summed E-state index contributed by atoms with van der Waals surface area (Å²) in [6, 6.07) is 0. The molecule has 6 heteroatoms. The van der Waals surface area contributed by atoms with E-state index in [0.29, 0.717) is 0 Å². The van der Waals surface area contributed by atoms with Crippen molar-refractivity contribution in [1.82, 2.24) is 5.48 Å². The summed E-state index contributed by atoms with van der Waals surface area (Å²) >= 11 is 0. The Kier molecular flexibility index (Phi) is 4.36. The minimum absolute atomic E-state index is 0.107. The van der Waals surface area contributed by atoms with Crippen LogP contribution in [-0.4, -0.2) is 30.1 Å². The maximum Gasteiger partial charge on any atom is 0.310 e. The first-order chi connectivity index (χ1) is 5.86. The van der Waals surface area contributed by atoms with Gasteiger partial charge in [0.25, 0.3) is 0 Å². The van der Waals surface area contributed by atoms with E-state index in [0.717, 1.165) is 0 Å². The number of nitrogens with one attached hydrogen (secondary N) is 1. The molecule has 0 aliphatic carbocycles. The van der Waals surface area contributed by atoms with E-state index in [2.05, 4.69) is 10.3 Å². The third-order valence-electron chi connectivity index (χ3n) is 1.41. The second-order valence-electron chi connectivity index (χ2n) is 3.27. The second-order valence-corrected chi connectivity index (χ2v) is 3.27. The summed E-state index contributed by atoms with van der Waals surface area (Å²) < 4.78 is 0. The molecule has 76 valence electrons. The topological polar surface area (TPSA) is 102 Å². The molecule has 1 amide bonds. The van der Waals surface area contributed by atoms with Crippen molar-refractivity contribution in [3.05, 3.63) is 0 Å². The smallest absolute Gasteiger partial charge is 0.310 e. The van der Waals surface area contributed by atoms with Crippen LogP contribution in [0.3, 0.4) is 0 Å². The van der Waals surface area contributed by atoms with Gasteiger partial charge in [-0.1, -0.05) is 0 Å². The maximum absolute atomic E-state index is 10.6. The van der Waals surface area contributed by atoms with Crippen molar-refractivity contribution in [2.24, 2.45) is 11.1 Å². The quantitative estimate of drug-likeness (QED) is 0.372.